The van der Waals surface area contributed by atoms with Crippen LogP contribution >= 0.6 is 23.1 Å². The summed E-state index contributed by atoms with van der Waals surface area (Å²) in [7, 11) is 0. The van der Waals surface area contributed by atoms with Gasteiger partial charge in [0, 0.05) is 21.6 Å². The van der Waals surface area contributed by atoms with E-state index in [0.29, 0.717) is 0 Å². The van der Waals surface area contributed by atoms with E-state index in [1.807, 2.05) is 41.1 Å². The Balaban J connectivity index is 1.72. The number of nitrogens with zero attached hydrogens (tertiary/aromatic N) is 3. The van der Waals surface area contributed by atoms with Gasteiger partial charge >= 0.3 is 0 Å². The number of nitrogens with one attached hydrogen (secondary N) is 1. The van der Waals surface area contributed by atoms with Crippen LogP contribution in [0.4, 0.5) is 0 Å². The van der Waals surface area contributed by atoms with Crippen molar-refractivity contribution in [2.75, 3.05) is 0 Å². The lowest BCUT2D eigenvalue weighted by molar-refractivity contribution is -0.114. The first kappa shape index (κ1) is 14.6. The second-order valence-electron chi connectivity index (χ2n) is 4.34. The molecule has 8 heteroatoms. The van der Waals surface area contributed by atoms with Crippen molar-refractivity contribution in [2.45, 2.75) is 16.2 Å². The number of H-pyrrole nitrogens is 1. The van der Waals surface area contributed by atoms with E-state index < -0.39 is 11.6 Å². The van der Waals surface area contributed by atoms with Gasteiger partial charge in [-0.15, -0.1) is 10.2 Å². The van der Waals surface area contributed by atoms with E-state index >= 15 is 0 Å². The van der Waals surface area contributed by atoms with Crippen molar-refractivity contribution in [3.63, 3.8) is 0 Å². The van der Waals surface area contributed by atoms with Crippen molar-refractivity contribution in [2.24, 2.45) is 0 Å². The zero-order valence-electron chi connectivity index (χ0n) is 11.2. The lowest BCUT2D eigenvalue weighted by atomic mass is 10.1. The van der Waals surface area contributed by atoms with Gasteiger partial charge in [0.2, 0.25) is 11.6 Å². The van der Waals surface area contributed by atoms with Gasteiger partial charge in [0.05, 0.1) is 0 Å². The Morgan fingerprint density at radius 2 is 2.00 bits per heavy atom. The number of carbonyl (C=O) groups is 2. The summed E-state index contributed by atoms with van der Waals surface area (Å²) in [6, 6.07) is 9.86. The van der Waals surface area contributed by atoms with Crippen molar-refractivity contribution in [1.29, 1.82) is 0 Å². The van der Waals surface area contributed by atoms with Gasteiger partial charge in [0.1, 0.15) is 0 Å². The number of tetrazole rings is 1. The molecule has 3 aromatic rings. The second-order valence-corrected chi connectivity index (χ2v) is 6.20. The van der Waals surface area contributed by atoms with Gasteiger partial charge in [-0.25, -0.2) is 0 Å². The first-order valence-electron chi connectivity index (χ1n) is 6.33. The fourth-order valence-electron chi connectivity index (χ4n) is 1.78. The standard InChI is InChI=1S/C14H10N4O2S2/c19-11(13(20)14-15-17-18-16-14)6-9-7-21-8-12(9)22-10-4-2-1-3-5-10/h1-5,7-8H,6H2,(H,15,16,17,18). The molecule has 1 aromatic carbocycles. The van der Waals surface area contributed by atoms with E-state index in [4.69, 9.17) is 0 Å². The largest absolute Gasteiger partial charge is 0.290 e. The third-order valence-electron chi connectivity index (χ3n) is 2.83. The third-order valence-corrected chi connectivity index (χ3v) is 4.87. The number of benzene rings is 1. The van der Waals surface area contributed by atoms with Gasteiger partial charge in [-0.2, -0.15) is 16.6 Å². The number of Topliss-reactive ketones (excluding diaryl/α,β-unsaturated/α-hetero) is 2. The molecule has 0 saturated heterocycles. The Morgan fingerprint density at radius 3 is 2.73 bits per heavy atom. The average molecular weight is 330 g/mol. The highest BCUT2D eigenvalue weighted by molar-refractivity contribution is 7.99. The molecule has 0 amide bonds. The SMILES string of the molecule is O=C(Cc1cscc1Sc1ccccc1)C(=O)c1nn[nH]n1. The number of aromatic amines is 1. The summed E-state index contributed by atoms with van der Waals surface area (Å²) in [5.41, 5.74) is 0.834. The van der Waals surface area contributed by atoms with Gasteiger partial charge in [-0.1, -0.05) is 30.0 Å². The molecule has 3 rings (SSSR count). The van der Waals surface area contributed by atoms with Crippen LogP contribution in [0.2, 0.25) is 0 Å². The number of thiophene rings is 1. The van der Waals surface area contributed by atoms with Crippen LogP contribution in [0.15, 0.2) is 50.9 Å². The van der Waals surface area contributed by atoms with Crippen molar-refractivity contribution in [3.8, 4) is 0 Å². The van der Waals surface area contributed by atoms with Gasteiger partial charge in [-0.3, -0.25) is 9.59 Å². The predicted octanol–water partition coefficient (Wildman–Crippen LogP) is 2.41. The Hall–Kier alpha value is -2.32. The molecule has 0 spiro atoms. The van der Waals surface area contributed by atoms with Crippen molar-refractivity contribution in [1.82, 2.24) is 20.6 Å². The number of ketones is 2. The lowest BCUT2D eigenvalue weighted by Crippen LogP contribution is -2.18. The van der Waals surface area contributed by atoms with E-state index in [1.54, 1.807) is 11.8 Å². The minimum absolute atomic E-state index is 0.0338. The topological polar surface area (TPSA) is 88.6 Å². The van der Waals surface area contributed by atoms with E-state index in [0.717, 1.165) is 15.4 Å². The molecule has 0 aliphatic heterocycles. The van der Waals surface area contributed by atoms with Crippen LogP contribution < -0.4 is 0 Å². The van der Waals surface area contributed by atoms with Crippen LogP contribution in [-0.2, 0) is 11.2 Å². The van der Waals surface area contributed by atoms with Gasteiger partial charge in [-0.05, 0) is 28.3 Å². The molecule has 0 aliphatic rings. The van der Waals surface area contributed by atoms with Gasteiger partial charge in [0.15, 0.2) is 0 Å². The van der Waals surface area contributed by atoms with Crippen molar-refractivity contribution in [3.05, 3.63) is 52.5 Å². The van der Waals surface area contributed by atoms with Crippen LogP contribution in [0.5, 0.6) is 0 Å². The maximum Gasteiger partial charge on any atom is 0.269 e. The number of hydrogen-bond acceptors (Lipinski definition) is 7. The summed E-state index contributed by atoms with van der Waals surface area (Å²) >= 11 is 3.07. The average Bonchev–Trinajstić information content (AvgIpc) is 3.20. The van der Waals surface area contributed by atoms with Crippen LogP contribution in [0, 0.1) is 0 Å². The zero-order valence-corrected chi connectivity index (χ0v) is 12.9. The quantitative estimate of drug-likeness (QED) is 0.551. The monoisotopic (exact) mass is 330 g/mol. The fraction of sp³-hybridized carbons (Fsp3) is 0.0714. The molecule has 0 fully saturated rings. The maximum absolute atomic E-state index is 12.0. The molecule has 0 radical (unpaired) electrons. The molecule has 0 bridgehead atoms. The highest BCUT2D eigenvalue weighted by Gasteiger charge is 2.22. The molecule has 22 heavy (non-hydrogen) atoms. The summed E-state index contributed by atoms with van der Waals surface area (Å²) in [4.78, 5) is 26.0. The first-order valence-corrected chi connectivity index (χ1v) is 8.09. The van der Waals surface area contributed by atoms with Crippen molar-refractivity contribution < 1.29 is 9.59 Å². The van der Waals surface area contributed by atoms with E-state index in [9.17, 15) is 9.59 Å². The third kappa shape index (κ3) is 3.29. The Labute approximate surface area is 134 Å². The number of aromatic nitrogens is 4. The van der Waals surface area contributed by atoms with E-state index in [-0.39, 0.29) is 12.2 Å². The molecule has 0 saturated carbocycles. The highest BCUT2D eigenvalue weighted by atomic mass is 32.2. The molecule has 1 N–H and O–H groups in total. The molecule has 2 heterocycles. The maximum atomic E-state index is 12.0. The van der Waals surface area contributed by atoms with E-state index in [1.165, 1.54) is 11.3 Å². The van der Waals surface area contributed by atoms with E-state index in [2.05, 4.69) is 20.6 Å². The molecular formula is C14H10N4O2S2. The van der Waals surface area contributed by atoms with Crippen molar-refractivity contribution >= 4 is 34.7 Å². The van der Waals surface area contributed by atoms with Gasteiger partial charge < -0.3 is 0 Å². The predicted molar refractivity (Wildman–Crippen MR) is 82.1 cm³/mol. The molecule has 0 atom stereocenters. The number of rotatable bonds is 6. The molecule has 6 nitrogen and oxygen atoms in total. The minimum Gasteiger partial charge on any atom is -0.290 e. The summed E-state index contributed by atoms with van der Waals surface area (Å²) in [5, 5.41) is 16.4. The Morgan fingerprint density at radius 1 is 1.18 bits per heavy atom. The lowest BCUT2D eigenvalue weighted by Gasteiger charge is -2.02. The summed E-state index contributed by atoms with van der Waals surface area (Å²) in [6.45, 7) is 0. The Kier molecular flexibility index (Phi) is 4.40. The fourth-order valence-corrected chi connectivity index (χ4v) is 3.74. The van der Waals surface area contributed by atoms with Gasteiger partial charge in [0.25, 0.3) is 5.78 Å². The minimum atomic E-state index is -0.726. The number of carbonyl (C=O) groups excluding carboxylic acids is 2. The first-order chi connectivity index (χ1) is 10.7. The molecule has 0 aliphatic carbocycles. The number of hydrogen-bond donors (Lipinski definition) is 1. The molecular weight excluding hydrogens is 320 g/mol. The molecule has 110 valence electrons. The smallest absolute Gasteiger partial charge is 0.269 e. The second kappa shape index (κ2) is 6.63. The highest BCUT2D eigenvalue weighted by Crippen LogP contribution is 2.33. The van der Waals surface area contributed by atoms with Crippen LogP contribution in [0.3, 0.4) is 0 Å². The van der Waals surface area contributed by atoms with Crippen LogP contribution in [0.1, 0.15) is 16.2 Å². The molecule has 0 unspecified atom stereocenters. The normalized spacial score (nSPS) is 10.5. The van der Waals surface area contributed by atoms with Crippen LogP contribution in [0.25, 0.3) is 0 Å². The summed E-state index contributed by atoms with van der Waals surface area (Å²) < 4.78 is 0. The summed E-state index contributed by atoms with van der Waals surface area (Å²) in [5.74, 6) is -1.47. The Bertz CT molecular complexity index is 784. The molecule has 2 aromatic heterocycles. The zero-order chi connectivity index (χ0) is 15.4. The summed E-state index contributed by atoms with van der Waals surface area (Å²) in [6.07, 6.45) is 0.0338. The van der Waals surface area contributed by atoms with Crippen LogP contribution in [-0.4, -0.2) is 32.2 Å².